The maximum atomic E-state index is 13.4. The lowest BCUT2D eigenvalue weighted by Crippen LogP contribution is -2.61. The second-order valence-electron chi connectivity index (χ2n) is 10.6. The Hall–Kier alpha value is -0.910. The van der Waals surface area contributed by atoms with Gasteiger partial charge in [0.15, 0.2) is 5.60 Å². The molecule has 4 aliphatic heterocycles. The molecule has 0 aromatic rings. The van der Waals surface area contributed by atoms with Gasteiger partial charge in [-0.3, -0.25) is 14.9 Å². The van der Waals surface area contributed by atoms with Crippen LogP contribution in [0.5, 0.6) is 0 Å². The number of thioether (sulfide) groups is 1. The first-order chi connectivity index (χ1) is 15.9. The smallest absolute Gasteiger partial charge is 0.259 e. The Morgan fingerprint density at radius 3 is 2.70 bits per heavy atom. The van der Waals surface area contributed by atoms with E-state index in [0.29, 0.717) is 37.5 Å². The second kappa shape index (κ2) is 9.62. The van der Waals surface area contributed by atoms with Crippen LogP contribution >= 0.6 is 11.8 Å². The Kier molecular flexibility index (Phi) is 6.94. The van der Waals surface area contributed by atoms with E-state index in [9.17, 15) is 14.7 Å². The van der Waals surface area contributed by atoms with Crippen LogP contribution in [-0.2, 0) is 19.1 Å². The van der Waals surface area contributed by atoms with Crippen LogP contribution < -0.4 is 16.0 Å². The van der Waals surface area contributed by atoms with Crippen molar-refractivity contribution in [3.05, 3.63) is 0 Å². The normalized spacial score (nSPS) is 42.5. The van der Waals surface area contributed by atoms with Crippen molar-refractivity contribution in [2.75, 3.05) is 40.0 Å². The standard InChI is InChI=1S/C23H38N4O5S/c1-13-7-15(14-5-3-4-6-18(14)31-2)16(8-24-13)20(28)26-22-25-17-9-27(10-19(17)33-22)21(29)23(30)11-32-12-23/h13-19,22,24-25,30H,3-12H2,1-2H3,(H,26,28). The van der Waals surface area contributed by atoms with E-state index in [4.69, 9.17) is 9.47 Å². The van der Waals surface area contributed by atoms with Gasteiger partial charge < -0.3 is 30.1 Å². The summed E-state index contributed by atoms with van der Waals surface area (Å²) in [7, 11) is 1.81. The summed E-state index contributed by atoms with van der Waals surface area (Å²) < 4.78 is 10.9. The fraction of sp³-hybridized carbons (Fsp3) is 0.913. The highest BCUT2D eigenvalue weighted by molar-refractivity contribution is 8.00. The second-order valence-corrected chi connectivity index (χ2v) is 12.0. The van der Waals surface area contributed by atoms with Gasteiger partial charge in [0, 0.05) is 44.1 Å². The summed E-state index contributed by atoms with van der Waals surface area (Å²) in [5, 5.41) is 20.8. The summed E-state index contributed by atoms with van der Waals surface area (Å²) >= 11 is 1.68. The fourth-order valence-corrected chi connectivity index (χ4v) is 7.88. The van der Waals surface area contributed by atoms with Gasteiger partial charge in [-0.1, -0.05) is 12.8 Å². The molecule has 1 aliphatic carbocycles. The predicted molar refractivity (Wildman–Crippen MR) is 124 cm³/mol. The minimum atomic E-state index is -1.35. The highest BCUT2D eigenvalue weighted by atomic mass is 32.2. The molecule has 5 aliphatic rings. The molecule has 33 heavy (non-hydrogen) atoms. The first-order valence-electron chi connectivity index (χ1n) is 12.5. The summed E-state index contributed by atoms with van der Waals surface area (Å²) in [5.74, 6) is 0.579. The zero-order valence-corrected chi connectivity index (χ0v) is 20.4. The molecule has 0 radical (unpaired) electrons. The number of rotatable bonds is 5. The van der Waals surface area contributed by atoms with Crippen LogP contribution in [0.15, 0.2) is 0 Å². The number of hydrogen-bond acceptors (Lipinski definition) is 8. The molecule has 4 saturated heterocycles. The number of nitrogens with one attached hydrogen (secondary N) is 3. The van der Waals surface area contributed by atoms with Crippen molar-refractivity contribution in [2.24, 2.45) is 17.8 Å². The summed E-state index contributed by atoms with van der Waals surface area (Å²) in [6, 6.07) is 0.529. The van der Waals surface area contributed by atoms with E-state index in [1.807, 2.05) is 7.11 Å². The Balaban J connectivity index is 1.17. The Morgan fingerprint density at radius 1 is 1.21 bits per heavy atom. The third kappa shape index (κ3) is 4.67. The molecule has 8 unspecified atom stereocenters. The quantitative estimate of drug-likeness (QED) is 0.429. The van der Waals surface area contributed by atoms with Crippen LogP contribution in [0.1, 0.15) is 39.0 Å². The molecule has 10 heteroatoms. The van der Waals surface area contributed by atoms with E-state index in [1.165, 1.54) is 12.8 Å². The third-order valence-corrected chi connectivity index (χ3v) is 9.71. The van der Waals surface area contributed by atoms with Crippen LogP contribution in [0.4, 0.5) is 0 Å². The molecule has 186 valence electrons. The number of carbonyl (C=O) groups is 2. The number of likely N-dealkylation sites (tertiary alicyclic amines) is 1. The van der Waals surface area contributed by atoms with Crippen LogP contribution in [-0.4, -0.2) is 96.3 Å². The number of amides is 2. The number of carbonyl (C=O) groups excluding carboxylic acids is 2. The molecule has 2 amide bonds. The minimum absolute atomic E-state index is 0.0595. The van der Waals surface area contributed by atoms with Crippen molar-refractivity contribution in [2.45, 2.75) is 73.6 Å². The molecule has 0 aromatic heterocycles. The number of fused-ring (bicyclic) bond motifs is 1. The number of piperidine rings is 1. The monoisotopic (exact) mass is 482 g/mol. The van der Waals surface area contributed by atoms with Gasteiger partial charge in [0.25, 0.3) is 5.91 Å². The summed E-state index contributed by atoms with van der Waals surface area (Å²) in [6.45, 7) is 4.21. The number of methoxy groups -OCH3 is 1. The number of hydrogen-bond donors (Lipinski definition) is 4. The summed E-state index contributed by atoms with van der Waals surface area (Å²) in [5.41, 5.74) is -1.50. The van der Waals surface area contributed by atoms with Crippen molar-refractivity contribution >= 4 is 23.6 Å². The summed E-state index contributed by atoms with van der Waals surface area (Å²) in [6.07, 6.45) is 5.92. The molecule has 0 spiro atoms. The van der Waals surface area contributed by atoms with Crippen molar-refractivity contribution in [1.29, 1.82) is 0 Å². The van der Waals surface area contributed by atoms with E-state index in [1.54, 1.807) is 16.7 Å². The van der Waals surface area contributed by atoms with E-state index in [-0.39, 0.29) is 53.8 Å². The number of aliphatic hydroxyl groups is 1. The zero-order chi connectivity index (χ0) is 23.2. The van der Waals surface area contributed by atoms with Crippen molar-refractivity contribution in [1.82, 2.24) is 20.9 Å². The predicted octanol–water partition coefficient (Wildman–Crippen LogP) is -0.117. The van der Waals surface area contributed by atoms with Gasteiger partial charge in [-0.05, 0) is 38.0 Å². The van der Waals surface area contributed by atoms with Gasteiger partial charge in [-0.15, -0.1) is 11.8 Å². The van der Waals surface area contributed by atoms with Crippen LogP contribution in [0, 0.1) is 17.8 Å². The van der Waals surface area contributed by atoms with Gasteiger partial charge in [0.05, 0.1) is 25.2 Å². The largest absolute Gasteiger partial charge is 0.381 e. The lowest BCUT2D eigenvalue weighted by molar-refractivity contribution is -0.199. The zero-order valence-electron chi connectivity index (χ0n) is 19.6. The maximum absolute atomic E-state index is 13.4. The van der Waals surface area contributed by atoms with Crippen LogP contribution in [0.25, 0.3) is 0 Å². The van der Waals surface area contributed by atoms with Gasteiger partial charge in [0.2, 0.25) is 5.91 Å². The molecule has 4 N–H and O–H groups in total. The van der Waals surface area contributed by atoms with Crippen LogP contribution in [0.3, 0.4) is 0 Å². The summed E-state index contributed by atoms with van der Waals surface area (Å²) in [4.78, 5) is 27.7. The van der Waals surface area contributed by atoms with E-state index in [0.717, 1.165) is 19.3 Å². The average molecular weight is 483 g/mol. The van der Waals surface area contributed by atoms with Gasteiger partial charge >= 0.3 is 0 Å². The first kappa shape index (κ1) is 23.8. The number of ether oxygens (including phenoxy) is 2. The first-order valence-corrected chi connectivity index (χ1v) is 13.4. The lowest BCUT2D eigenvalue weighted by atomic mass is 9.68. The molecule has 0 aromatic carbocycles. The maximum Gasteiger partial charge on any atom is 0.259 e. The van der Waals surface area contributed by atoms with Crippen LogP contribution in [0.2, 0.25) is 0 Å². The molecule has 1 saturated carbocycles. The Bertz CT molecular complexity index is 738. The lowest BCUT2D eigenvalue weighted by Gasteiger charge is -2.44. The Labute approximate surface area is 200 Å². The minimum Gasteiger partial charge on any atom is -0.381 e. The molecule has 5 fully saturated rings. The molecule has 0 bridgehead atoms. The average Bonchev–Trinajstić information content (AvgIpc) is 3.35. The highest BCUT2D eigenvalue weighted by Crippen LogP contribution is 2.40. The van der Waals surface area contributed by atoms with E-state index >= 15 is 0 Å². The molecule has 9 nitrogen and oxygen atoms in total. The van der Waals surface area contributed by atoms with Gasteiger partial charge in [-0.2, -0.15) is 0 Å². The molecule has 5 rings (SSSR count). The van der Waals surface area contributed by atoms with E-state index in [2.05, 4.69) is 22.9 Å². The SMILES string of the molecule is COC1CCCCC1C1CC(C)NCC1C(=O)NC1NC2CN(C(=O)C3(O)COC3)CC2S1. The van der Waals surface area contributed by atoms with Gasteiger partial charge in [-0.25, -0.2) is 0 Å². The fourth-order valence-electron chi connectivity index (χ4n) is 6.48. The van der Waals surface area contributed by atoms with E-state index < -0.39 is 5.60 Å². The molecular weight excluding hydrogens is 444 g/mol. The topological polar surface area (TPSA) is 112 Å². The Morgan fingerprint density at radius 2 is 2.00 bits per heavy atom. The number of nitrogens with zero attached hydrogens (tertiary/aromatic N) is 1. The molecular formula is C23H38N4O5S. The third-order valence-electron chi connectivity index (χ3n) is 8.35. The van der Waals surface area contributed by atoms with Crippen molar-refractivity contribution in [3.63, 3.8) is 0 Å². The molecule has 4 heterocycles. The van der Waals surface area contributed by atoms with Gasteiger partial charge in [0.1, 0.15) is 5.50 Å². The van der Waals surface area contributed by atoms with Crippen molar-refractivity contribution < 1.29 is 24.2 Å². The highest BCUT2D eigenvalue weighted by Gasteiger charge is 2.51. The molecule has 8 atom stereocenters. The van der Waals surface area contributed by atoms with Crippen molar-refractivity contribution in [3.8, 4) is 0 Å².